The molecule has 1 heterocycles. The number of ether oxygens (including phenoxy) is 2. The Morgan fingerprint density at radius 1 is 1.00 bits per heavy atom. The number of sulfone groups is 1. The molecule has 8 nitrogen and oxygen atoms in total. The lowest BCUT2D eigenvalue weighted by molar-refractivity contribution is -0.121. The highest BCUT2D eigenvalue weighted by molar-refractivity contribution is 7.92. The summed E-state index contributed by atoms with van der Waals surface area (Å²) in [6.45, 7) is -0.368. The van der Waals surface area contributed by atoms with E-state index in [1.165, 1.54) is 31.3 Å². The lowest BCUT2D eigenvalue weighted by Crippen LogP contribution is -2.38. The van der Waals surface area contributed by atoms with E-state index >= 15 is 0 Å². The first kappa shape index (κ1) is 23.3. The Morgan fingerprint density at radius 2 is 1.71 bits per heavy atom. The lowest BCUT2D eigenvalue weighted by atomic mass is 10.1. The molecule has 4 rings (SSSR count). The molecule has 1 atom stereocenters. The second-order valence-corrected chi connectivity index (χ2v) is 9.81. The monoisotopic (exact) mass is 480 g/mol. The van der Waals surface area contributed by atoms with Gasteiger partial charge in [0.1, 0.15) is 18.0 Å². The smallest absolute Gasteiger partial charge is 0.244 e. The number of fused-ring (bicyclic) bond motifs is 1. The van der Waals surface area contributed by atoms with Gasteiger partial charge in [-0.1, -0.05) is 42.5 Å². The first-order valence-corrected chi connectivity index (χ1v) is 12.1. The topological polar surface area (TPSA) is 102 Å². The van der Waals surface area contributed by atoms with E-state index in [0.717, 1.165) is 0 Å². The van der Waals surface area contributed by atoms with Crippen LogP contribution in [0.4, 0.5) is 11.4 Å². The van der Waals surface area contributed by atoms with Gasteiger partial charge in [-0.3, -0.25) is 9.59 Å². The van der Waals surface area contributed by atoms with Gasteiger partial charge < -0.3 is 19.7 Å². The first-order chi connectivity index (χ1) is 16.3. The number of benzene rings is 3. The van der Waals surface area contributed by atoms with E-state index in [2.05, 4.69) is 5.32 Å². The molecule has 0 bridgehead atoms. The number of nitrogens with zero attached hydrogens (tertiary/aromatic N) is 1. The molecule has 0 aliphatic carbocycles. The van der Waals surface area contributed by atoms with Gasteiger partial charge in [-0.25, -0.2) is 8.42 Å². The van der Waals surface area contributed by atoms with Crippen molar-refractivity contribution < 1.29 is 27.5 Å². The van der Waals surface area contributed by atoms with E-state index in [9.17, 15) is 18.0 Å². The number of methoxy groups -OCH3 is 2. The summed E-state index contributed by atoms with van der Waals surface area (Å²) < 4.78 is 37.6. The number of amides is 2. The van der Waals surface area contributed by atoms with Crippen molar-refractivity contribution in [1.29, 1.82) is 0 Å². The highest BCUT2D eigenvalue weighted by atomic mass is 32.2. The Kier molecular flexibility index (Phi) is 6.56. The van der Waals surface area contributed by atoms with Crippen molar-refractivity contribution in [1.82, 2.24) is 0 Å². The van der Waals surface area contributed by atoms with E-state index in [-0.39, 0.29) is 23.5 Å². The van der Waals surface area contributed by atoms with Gasteiger partial charge in [-0.05, 0) is 29.8 Å². The van der Waals surface area contributed by atoms with Crippen LogP contribution in [0.5, 0.6) is 11.5 Å². The maximum atomic E-state index is 13.5. The average molecular weight is 481 g/mol. The molecule has 1 unspecified atom stereocenters. The van der Waals surface area contributed by atoms with Crippen molar-refractivity contribution in [2.45, 2.75) is 16.6 Å². The molecular weight excluding hydrogens is 456 g/mol. The quantitative estimate of drug-likeness (QED) is 0.579. The molecule has 1 aliphatic rings. The molecule has 0 saturated heterocycles. The van der Waals surface area contributed by atoms with Gasteiger partial charge in [0.25, 0.3) is 0 Å². The number of carbonyl (C=O) groups is 2. The van der Waals surface area contributed by atoms with Gasteiger partial charge >= 0.3 is 0 Å². The molecule has 1 N–H and O–H groups in total. The third kappa shape index (κ3) is 4.47. The van der Waals surface area contributed by atoms with Crippen LogP contribution >= 0.6 is 0 Å². The van der Waals surface area contributed by atoms with Gasteiger partial charge in [0.15, 0.2) is 9.84 Å². The highest BCUT2D eigenvalue weighted by Crippen LogP contribution is 2.40. The van der Waals surface area contributed by atoms with Crippen molar-refractivity contribution in [3.05, 3.63) is 78.4 Å². The number of nitrogens with one attached hydrogen (secondary N) is 1. The minimum Gasteiger partial charge on any atom is -0.497 e. The summed E-state index contributed by atoms with van der Waals surface area (Å²) in [6.07, 6.45) is -0.281. The van der Waals surface area contributed by atoms with E-state index in [1.807, 2.05) is 0 Å². The lowest BCUT2D eigenvalue weighted by Gasteiger charge is -2.22. The van der Waals surface area contributed by atoms with Gasteiger partial charge in [0.05, 0.1) is 35.7 Å². The maximum Gasteiger partial charge on any atom is 0.244 e. The summed E-state index contributed by atoms with van der Waals surface area (Å²) in [6, 6.07) is 19.8. The third-order valence-corrected chi connectivity index (χ3v) is 7.80. The van der Waals surface area contributed by atoms with E-state index in [4.69, 9.17) is 9.47 Å². The van der Waals surface area contributed by atoms with E-state index in [0.29, 0.717) is 22.7 Å². The molecule has 34 heavy (non-hydrogen) atoms. The third-order valence-electron chi connectivity index (χ3n) is 5.65. The zero-order valence-electron chi connectivity index (χ0n) is 18.7. The molecule has 0 aromatic heterocycles. The number of anilines is 2. The second kappa shape index (κ2) is 9.56. The van der Waals surface area contributed by atoms with Crippen LogP contribution in [0.3, 0.4) is 0 Å². The van der Waals surface area contributed by atoms with Gasteiger partial charge in [0, 0.05) is 12.5 Å². The van der Waals surface area contributed by atoms with Gasteiger partial charge in [-0.2, -0.15) is 0 Å². The van der Waals surface area contributed by atoms with Crippen LogP contribution in [-0.4, -0.2) is 41.0 Å². The Hall–Kier alpha value is -3.85. The Bertz CT molecular complexity index is 1320. The van der Waals surface area contributed by atoms with Crippen molar-refractivity contribution >= 4 is 33.0 Å². The SMILES string of the molecule is COc1ccc(OC)c(NC(=O)CN2C(=O)CC(c3ccccc3)S(=O)(=O)c3ccccc32)c1. The minimum absolute atomic E-state index is 0.0152. The number of hydrogen-bond acceptors (Lipinski definition) is 6. The van der Waals surface area contributed by atoms with E-state index < -0.39 is 26.9 Å². The number of hydrogen-bond donors (Lipinski definition) is 1. The van der Waals surface area contributed by atoms with Crippen LogP contribution in [0.1, 0.15) is 17.2 Å². The molecule has 176 valence electrons. The Labute approximate surface area is 198 Å². The molecule has 3 aromatic rings. The van der Waals surface area contributed by atoms with Crippen molar-refractivity contribution in [2.24, 2.45) is 0 Å². The molecule has 0 saturated carbocycles. The average Bonchev–Trinajstić information content (AvgIpc) is 2.93. The van der Waals surface area contributed by atoms with Gasteiger partial charge in [0.2, 0.25) is 11.8 Å². The minimum atomic E-state index is -3.88. The molecule has 3 aromatic carbocycles. The fourth-order valence-electron chi connectivity index (χ4n) is 3.97. The fourth-order valence-corrected chi connectivity index (χ4v) is 5.89. The van der Waals surface area contributed by atoms with E-state index in [1.54, 1.807) is 60.7 Å². The van der Waals surface area contributed by atoms with Crippen LogP contribution in [0.25, 0.3) is 0 Å². The number of rotatable bonds is 6. The second-order valence-electron chi connectivity index (χ2n) is 7.71. The maximum absolute atomic E-state index is 13.5. The van der Waals surface area contributed by atoms with Crippen LogP contribution in [0.15, 0.2) is 77.7 Å². The molecule has 0 fully saturated rings. The standard InChI is InChI=1S/C25H24N2O6S/c1-32-18-12-13-21(33-2)19(14-18)26-24(28)16-27-20-10-6-7-11-22(20)34(30,31)23(15-25(27)29)17-8-4-3-5-9-17/h3-14,23H,15-16H2,1-2H3,(H,26,28). The molecule has 0 spiro atoms. The zero-order chi connectivity index (χ0) is 24.3. The fraction of sp³-hybridized carbons (Fsp3) is 0.200. The Morgan fingerprint density at radius 3 is 2.41 bits per heavy atom. The van der Waals surface area contributed by atoms with Crippen LogP contribution in [0, 0.1) is 0 Å². The summed E-state index contributed by atoms with van der Waals surface area (Å²) in [5, 5.41) is 1.68. The summed E-state index contributed by atoms with van der Waals surface area (Å²) in [5.41, 5.74) is 1.08. The summed E-state index contributed by atoms with van der Waals surface area (Å²) in [7, 11) is -0.907. The predicted octanol–water partition coefficient (Wildman–Crippen LogP) is 3.59. The molecule has 1 aliphatic heterocycles. The van der Waals surface area contributed by atoms with Crippen molar-refractivity contribution in [2.75, 3.05) is 31.0 Å². The molecule has 2 amide bonds. The Balaban J connectivity index is 1.68. The molecule has 9 heteroatoms. The van der Waals surface area contributed by atoms with Gasteiger partial charge in [-0.15, -0.1) is 0 Å². The van der Waals surface area contributed by atoms with Crippen LogP contribution in [0.2, 0.25) is 0 Å². The first-order valence-electron chi connectivity index (χ1n) is 10.5. The van der Waals surface area contributed by atoms with Crippen molar-refractivity contribution in [3.63, 3.8) is 0 Å². The normalized spacial score (nSPS) is 16.8. The number of para-hydroxylation sites is 1. The largest absolute Gasteiger partial charge is 0.497 e. The summed E-state index contributed by atoms with van der Waals surface area (Å²) in [4.78, 5) is 27.5. The summed E-state index contributed by atoms with van der Waals surface area (Å²) in [5.74, 6) is -0.0343. The molecular formula is C25H24N2O6S. The van der Waals surface area contributed by atoms with Crippen LogP contribution in [-0.2, 0) is 19.4 Å². The predicted molar refractivity (Wildman–Crippen MR) is 128 cm³/mol. The zero-order valence-corrected chi connectivity index (χ0v) is 19.5. The molecule has 0 radical (unpaired) electrons. The summed E-state index contributed by atoms with van der Waals surface area (Å²) >= 11 is 0. The van der Waals surface area contributed by atoms with Crippen LogP contribution < -0.4 is 19.7 Å². The van der Waals surface area contributed by atoms with Crippen molar-refractivity contribution in [3.8, 4) is 11.5 Å². The highest BCUT2D eigenvalue weighted by Gasteiger charge is 2.39. The number of carbonyl (C=O) groups excluding carboxylic acids is 2.